The minimum Gasteiger partial charge on any atom is -0.461 e. The minimum atomic E-state index is -0.971. The molecule has 0 aliphatic rings. The van der Waals surface area contributed by atoms with Gasteiger partial charge in [-0.3, -0.25) is 19.3 Å². The zero-order valence-electron chi connectivity index (χ0n) is 25.6. The number of rotatable bonds is 13. The SMILES string of the molecule is C=Cc1c(C(C)CC)c(C(=O)OCC)nn1CC(=O)N[C@@H](Cc1cc(F)cc(F)c1)c1ncccc1-c1ccc(F)c(C(N)=O)c1. The van der Waals surface area contributed by atoms with Crippen molar-refractivity contribution in [1.29, 1.82) is 0 Å². The molecule has 0 saturated carbocycles. The van der Waals surface area contributed by atoms with E-state index >= 15 is 0 Å². The number of hydrogen-bond acceptors (Lipinski definition) is 6. The predicted octanol–water partition coefficient (Wildman–Crippen LogP) is 5.89. The first kappa shape index (κ1) is 33.6. The Morgan fingerprint density at radius 1 is 1.09 bits per heavy atom. The highest BCUT2D eigenvalue weighted by Gasteiger charge is 2.28. The number of benzene rings is 2. The number of halogens is 3. The van der Waals surface area contributed by atoms with E-state index in [2.05, 4.69) is 22.0 Å². The molecule has 12 heteroatoms. The molecule has 46 heavy (non-hydrogen) atoms. The molecule has 0 saturated heterocycles. The summed E-state index contributed by atoms with van der Waals surface area (Å²) in [5, 5.41) is 7.29. The van der Waals surface area contributed by atoms with Crippen molar-refractivity contribution in [3.63, 3.8) is 0 Å². The summed E-state index contributed by atoms with van der Waals surface area (Å²) < 4.78 is 49.2. The number of pyridine rings is 1. The van der Waals surface area contributed by atoms with E-state index in [1.807, 2.05) is 13.8 Å². The highest BCUT2D eigenvalue weighted by Crippen LogP contribution is 2.31. The molecular weight excluding hydrogens is 599 g/mol. The molecule has 0 spiro atoms. The Labute approximate surface area is 264 Å². The quantitative estimate of drug-likeness (QED) is 0.177. The molecule has 0 radical (unpaired) electrons. The first-order valence-electron chi connectivity index (χ1n) is 14.7. The molecule has 2 aromatic carbocycles. The summed E-state index contributed by atoms with van der Waals surface area (Å²) in [5.74, 6) is -4.67. The fourth-order valence-electron chi connectivity index (χ4n) is 5.24. The molecule has 2 aromatic heterocycles. The van der Waals surface area contributed by atoms with Gasteiger partial charge in [0.05, 0.1) is 29.6 Å². The van der Waals surface area contributed by atoms with Crippen LogP contribution in [0.25, 0.3) is 17.2 Å². The third kappa shape index (κ3) is 7.51. The van der Waals surface area contributed by atoms with Crippen LogP contribution < -0.4 is 11.1 Å². The van der Waals surface area contributed by atoms with Crippen molar-refractivity contribution >= 4 is 23.9 Å². The highest BCUT2D eigenvalue weighted by molar-refractivity contribution is 5.94. The molecule has 0 aliphatic carbocycles. The van der Waals surface area contributed by atoms with Crippen molar-refractivity contribution in [2.45, 2.75) is 52.1 Å². The van der Waals surface area contributed by atoms with Gasteiger partial charge in [0, 0.05) is 23.4 Å². The van der Waals surface area contributed by atoms with Crippen molar-refractivity contribution in [2.24, 2.45) is 5.73 Å². The maximum Gasteiger partial charge on any atom is 0.359 e. The van der Waals surface area contributed by atoms with Crippen molar-refractivity contribution in [3.05, 3.63) is 113 Å². The van der Waals surface area contributed by atoms with Gasteiger partial charge in [-0.2, -0.15) is 5.10 Å². The Balaban J connectivity index is 1.77. The number of nitrogens with one attached hydrogen (secondary N) is 1. The average Bonchev–Trinajstić information content (AvgIpc) is 3.38. The lowest BCUT2D eigenvalue weighted by Crippen LogP contribution is -2.34. The van der Waals surface area contributed by atoms with E-state index in [-0.39, 0.29) is 48.0 Å². The molecular formula is C34H34F3N5O4. The standard InChI is InChI=1S/C34H34F3N5O4/c1-5-19(4)30-28(6-2)42(41-32(30)34(45)46-7-3)18-29(43)40-27(15-20-13-22(35)17-23(36)14-20)31-24(9-8-12-39-31)21-10-11-26(37)25(16-21)33(38)44/h6,8-14,16-17,19,27H,2,5,7,15,18H2,1,3-4H3,(H2,38,44)(H,40,43)/t19?,27-/m0/s1. The van der Waals surface area contributed by atoms with Crippen LogP contribution in [0, 0.1) is 17.5 Å². The molecule has 0 aliphatic heterocycles. The topological polar surface area (TPSA) is 129 Å². The highest BCUT2D eigenvalue weighted by atomic mass is 19.1. The Bertz CT molecular complexity index is 1770. The summed E-state index contributed by atoms with van der Waals surface area (Å²) in [4.78, 5) is 42.8. The normalized spacial score (nSPS) is 12.3. The number of aromatic nitrogens is 3. The van der Waals surface area contributed by atoms with E-state index in [9.17, 15) is 27.6 Å². The van der Waals surface area contributed by atoms with Crippen molar-refractivity contribution < 1.29 is 32.3 Å². The number of carbonyl (C=O) groups excluding carboxylic acids is 3. The van der Waals surface area contributed by atoms with Gasteiger partial charge in [-0.1, -0.05) is 32.6 Å². The third-order valence-electron chi connectivity index (χ3n) is 7.50. The summed E-state index contributed by atoms with van der Waals surface area (Å²) in [6.45, 7) is 9.21. The van der Waals surface area contributed by atoms with E-state index in [0.29, 0.717) is 28.8 Å². The van der Waals surface area contributed by atoms with Gasteiger partial charge in [0.15, 0.2) is 5.69 Å². The van der Waals surface area contributed by atoms with Gasteiger partial charge in [0.2, 0.25) is 5.91 Å². The summed E-state index contributed by atoms with van der Waals surface area (Å²) >= 11 is 0. The summed E-state index contributed by atoms with van der Waals surface area (Å²) in [5.41, 5.74) is 7.47. The number of hydrogen-bond donors (Lipinski definition) is 2. The number of carbonyl (C=O) groups is 3. The Morgan fingerprint density at radius 3 is 2.43 bits per heavy atom. The van der Waals surface area contributed by atoms with Crippen LogP contribution in [0.1, 0.15) is 82.5 Å². The predicted molar refractivity (Wildman–Crippen MR) is 166 cm³/mol. The summed E-state index contributed by atoms with van der Waals surface area (Å²) in [6.07, 6.45) is 3.57. The van der Waals surface area contributed by atoms with Crippen LogP contribution in [0.3, 0.4) is 0 Å². The van der Waals surface area contributed by atoms with Gasteiger partial charge in [-0.15, -0.1) is 0 Å². The van der Waals surface area contributed by atoms with Gasteiger partial charge < -0.3 is 15.8 Å². The smallest absolute Gasteiger partial charge is 0.359 e. The molecule has 2 amide bonds. The van der Waals surface area contributed by atoms with Crippen LogP contribution in [0.5, 0.6) is 0 Å². The van der Waals surface area contributed by atoms with Crippen LogP contribution in [0.4, 0.5) is 13.2 Å². The Kier molecular flexibility index (Phi) is 10.7. The van der Waals surface area contributed by atoms with Gasteiger partial charge in [-0.05, 0) is 73.2 Å². The molecule has 3 N–H and O–H groups in total. The first-order chi connectivity index (χ1) is 22.0. The zero-order chi connectivity index (χ0) is 33.5. The van der Waals surface area contributed by atoms with E-state index in [1.165, 1.54) is 29.1 Å². The molecule has 0 fully saturated rings. The molecule has 4 aromatic rings. The molecule has 4 rings (SSSR count). The number of esters is 1. The molecule has 2 heterocycles. The number of nitrogens with zero attached hydrogens (tertiary/aromatic N) is 3. The Morgan fingerprint density at radius 2 is 1.80 bits per heavy atom. The molecule has 240 valence electrons. The molecule has 1 unspecified atom stereocenters. The van der Waals surface area contributed by atoms with E-state index in [1.54, 1.807) is 19.1 Å². The maximum absolute atomic E-state index is 14.3. The molecule has 2 atom stereocenters. The van der Waals surface area contributed by atoms with Crippen LogP contribution in [-0.2, 0) is 22.5 Å². The Hall–Kier alpha value is -5.26. The maximum atomic E-state index is 14.3. The molecule has 9 nitrogen and oxygen atoms in total. The second-order valence-electron chi connectivity index (χ2n) is 10.6. The van der Waals surface area contributed by atoms with Crippen LogP contribution in [0.15, 0.2) is 61.3 Å². The van der Waals surface area contributed by atoms with Crippen LogP contribution in [0.2, 0.25) is 0 Å². The van der Waals surface area contributed by atoms with Crippen molar-refractivity contribution in [2.75, 3.05) is 6.61 Å². The van der Waals surface area contributed by atoms with E-state index in [4.69, 9.17) is 10.5 Å². The fraction of sp³-hybridized carbons (Fsp3) is 0.265. The van der Waals surface area contributed by atoms with Crippen molar-refractivity contribution in [3.8, 4) is 11.1 Å². The second kappa shape index (κ2) is 14.7. The average molecular weight is 634 g/mol. The first-order valence-corrected chi connectivity index (χ1v) is 14.7. The number of primary amides is 1. The van der Waals surface area contributed by atoms with Crippen molar-refractivity contribution in [1.82, 2.24) is 20.1 Å². The number of amides is 2. The minimum absolute atomic E-state index is 0.0827. The number of ether oxygens (including phenoxy) is 1. The number of nitrogens with two attached hydrogens (primary N) is 1. The van der Waals surface area contributed by atoms with Gasteiger partial charge in [0.1, 0.15) is 24.0 Å². The largest absolute Gasteiger partial charge is 0.461 e. The van der Waals surface area contributed by atoms with Crippen LogP contribution >= 0.6 is 0 Å². The van der Waals surface area contributed by atoms with Crippen LogP contribution in [-0.4, -0.2) is 39.2 Å². The van der Waals surface area contributed by atoms with E-state index < -0.39 is 41.3 Å². The lowest BCUT2D eigenvalue weighted by molar-refractivity contribution is -0.122. The van der Waals surface area contributed by atoms with Gasteiger partial charge >= 0.3 is 5.97 Å². The van der Waals surface area contributed by atoms with Gasteiger partial charge in [0.25, 0.3) is 5.91 Å². The second-order valence-corrected chi connectivity index (χ2v) is 10.6. The summed E-state index contributed by atoms with van der Waals surface area (Å²) in [7, 11) is 0. The zero-order valence-corrected chi connectivity index (χ0v) is 25.6. The lowest BCUT2D eigenvalue weighted by Gasteiger charge is -2.22. The monoisotopic (exact) mass is 633 g/mol. The third-order valence-corrected chi connectivity index (χ3v) is 7.50. The van der Waals surface area contributed by atoms with E-state index in [0.717, 1.165) is 24.3 Å². The fourth-order valence-corrected chi connectivity index (χ4v) is 5.24. The van der Waals surface area contributed by atoms with Gasteiger partial charge in [-0.25, -0.2) is 18.0 Å². The lowest BCUT2D eigenvalue weighted by atomic mass is 9.94. The summed E-state index contributed by atoms with van der Waals surface area (Å²) in [6, 6.07) is 9.10. The molecule has 0 bridgehead atoms.